The maximum absolute atomic E-state index is 12.0. The van der Waals surface area contributed by atoms with Crippen molar-refractivity contribution >= 4 is 17.8 Å². The molecule has 7 heteroatoms. The number of nitrogens with one attached hydrogen (secondary N) is 1. The number of nitro groups is 1. The Hall–Kier alpha value is -2.28. The molecular formula is C14H18N4O3. The van der Waals surface area contributed by atoms with E-state index in [9.17, 15) is 14.9 Å². The number of benzene rings is 1. The lowest BCUT2D eigenvalue weighted by Gasteiger charge is -2.30. The van der Waals surface area contributed by atoms with E-state index in [-0.39, 0.29) is 17.6 Å². The molecule has 1 amide bonds. The summed E-state index contributed by atoms with van der Waals surface area (Å²) in [5.41, 5.74) is 3.24. The molecule has 0 saturated carbocycles. The number of non-ortho nitro benzene ring substituents is 1. The average molecular weight is 290 g/mol. The maximum Gasteiger partial charge on any atom is 0.269 e. The fraction of sp³-hybridized carbons (Fsp3) is 0.429. The number of hydrogen-bond acceptors (Lipinski definition) is 5. The van der Waals surface area contributed by atoms with Crippen molar-refractivity contribution in [1.82, 2.24) is 10.3 Å². The summed E-state index contributed by atoms with van der Waals surface area (Å²) in [6.45, 7) is 0.921. The average Bonchev–Trinajstić information content (AvgIpc) is 2.48. The number of likely N-dealkylation sites (N-methyl/N-ethyl adjacent to an activating group) is 1. The number of amides is 1. The first-order valence-electron chi connectivity index (χ1n) is 6.85. The van der Waals surface area contributed by atoms with Crippen LogP contribution >= 0.6 is 0 Å². The number of hydrogen-bond donors (Lipinski definition) is 1. The number of nitrogens with zero attached hydrogens (tertiary/aromatic N) is 3. The van der Waals surface area contributed by atoms with Gasteiger partial charge in [0.15, 0.2) is 0 Å². The molecule has 0 aromatic heterocycles. The van der Waals surface area contributed by atoms with Gasteiger partial charge in [-0.3, -0.25) is 19.8 Å². The highest BCUT2D eigenvalue weighted by molar-refractivity contribution is 5.85. The van der Waals surface area contributed by atoms with E-state index in [4.69, 9.17) is 0 Å². The van der Waals surface area contributed by atoms with Gasteiger partial charge in [0.05, 0.1) is 17.2 Å². The molecule has 1 aromatic rings. The Morgan fingerprint density at radius 1 is 1.43 bits per heavy atom. The largest absolute Gasteiger partial charge is 0.295 e. The van der Waals surface area contributed by atoms with Crippen LogP contribution in [-0.4, -0.2) is 41.6 Å². The Morgan fingerprint density at radius 3 is 2.76 bits per heavy atom. The van der Waals surface area contributed by atoms with Gasteiger partial charge >= 0.3 is 0 Å². The lowest BCUT2D eigenvalue weighted by atomic mass is 10.0. The fourth-order valence-corrected chi connectivity index (χ4v) is 2.33. The molecule has 112 valence electrons. The minimum absolute atomic E-state index is 0.0278. The van der Waals surface area contributed by atoms with Gasteiger partial charge in [0.2, 0.25) is 0 Å². The van der Waals surface area contributed by atoms with Crippen LogP contribution in [0.1, 0.15) is 24.8 Å². The van der Waals surface area contributed by atoms with Crippen molar-refractivity contribution in [2.75, 3.05) is 13.6 Å². The molecule has 0 radical (unpaired) electrons. The van der Waals surface area contributed by atoms with E-state index in [1.165, 1.54) is 18.3 Å². The van der Waals surface area contributed by atoms with E-state index in [0.29, 0.717) is 5.56 Å². The molecule has 1 aliphatic rings. The summed E-state index contributed by atoms with van der Waals surface area (Å²) < 4.78 is 0. The van der Waals surface area contributed by atoms with Crippen LogP contribution in [0.3, 0.4) is 0 Å². The van der Waals surface area contributed by atoms with Crippen LogP contribution in [-0.2, 0) is 4.79 Å². The van der Waals surface area contributed by atoms with Crippen molar-refractivity contribution in [3.8, 4) is 0 Å². The van der Waals surface area contributed by atoms with Gasteiger partial charge in [-0.25, -0.2) is 5.43 Å². The zero-order chi connectivity index (χ0) is 15.2. The molecule has 7 nitrogen and oxygen atoms in total. The minimum Gasteiger partial charge on any atom is -0.295 e. The molecule has 1 heterocycles. The van der Waals surface area contributed by atoms with Crippen molar-refractivity contribution in [3.05, 3.63) is 39.9 Å². The molecule has 1 saturated heterocycles. The second kappa shape index (κ2) is 6.94. The Kier molecular flexibility index (Phi) is 4.99. The monoisotopic (exact) mass is 290 g/mol. The van der Waals surface area contributed by atoms with E-state index in [1.54, 1.807) is 12.1 Å². The Morgan fingerprint density at radius 2 is 2.14 bits per heavy atom. The van der Waals surface area contributed by atoms with E-state index < -0.39 is 4.92 Å². The van der Waals surface area contributed by atoms with Gasteiger partial charge in [-0.2, -0.15) is 5.10 Å². The van der Waals surface area contributed by atoms with Gasteiger partial charge in [0.1, 0.15) is 0 Å². The lowest BCUT2D eigenvalue weighted by molar-refractivity contribution is -0.384. The topological polar surface area (TPSA) is 87.8 Å². The van der Waals surface area contributed by atoms with Crippen LogP contribution in [0.4, 0.5) is 5.69 Å². The first-order valence-corrected chi connectivity index (χ1v) is 6.85. The quantitative estimate of drug-likeness (QED) is 0.517. The lowest BCUT2D eigenvalue weighted by Crippen LogP contribution is -2.46. The third-order valence-corrected chi connectivity index (χ3v) is 3.57. The molecule has 2 rings (SSSR count). The van der Waals surface area contributed by atoms with Gasteiger partial charge < -0.3 is 0 Å². The number of piperidine rings is 1. The zero-order valence-electron chi connectivity index (χ0n) is 11.9. The van der Waals surface area contributed by atoms with Crippen molar-refractivity contribution in [2.45, 2.75) is 25.3 Å². The number of nitro benzene ring substituents is 1. The molecular weight excluding hydrogens is 272 g/mol. The summed E-state index contributed by atoms with van der Waals surface area (Å²) in [5, 5.41) is 14.4. The summed E-state index contributed by atoms with van der Waals surface area (Å²) in [6.07, 6.45) is 4.49. The SMILES string of the molecule is CN1CCCCC1C(=O)N/N=C/c1ccc([N+](=O)[O-])cc1. The third-order valence-electron chi connectivity index (χ3n) is 3.57. The molecule has 1 atom stereocenters. The van der Waals surface area contributed by atoms with Gasteiger partial charge in [0.25, 0.3) is 11.6 Å². The summed E-state index contributed by atoms with van der Waals surface area (Å²) in [7, 11) is 1.93. The van der Waals surface area contributed by atoms with Crippen molar-refractivity contribution in [3.63, 3.8) is 0 Å². The normalized spacial score (nSPS) is 19.6. The molecule has 1 fully saturated rings. The Labute approximate surface area is 122 Å². The van der Waals surface area contributed by atoms with Crippen molar-refractivity contribution in [2.24, 2.45) is 5.10 Å². The maximum atomic E-state index is 12.0. The number of rotatable bonds is 4. The van der Waals surface area contributed by atoms with Crippen molar-refractivity contribution < 1.29 is 9.72 Å². The van der Waals surface area contributed by atoms with Gasteiger partial charge in [-0.05, 0) is 44.1 Å². The van der Waals surface area contributed by atoms with Crippen molar-refractivity contribution in [1.29, 1.82) is 0 Å². The highest BCUT2D eigenvalue weighted by Crippen LogP contribution is 2.15. The first kappa shape index (κ1) is 15.1. The summed E-state index contributed by atoms with van der Waals surface area (Å²) in [4.78, 5) is 24.1. The minimum atomic E-state index is -0.457. The molecule has 0 aliphatic carbocycles. The number of carbonyl (C=O) groups excluding carboxylic acids is 1. The van der Waals surface area contributed by atoms with Crippen LogP contribution in [0.25, 0.3) is 0 Å². The molecule has 1 unspecified atom stereocenters. The van der Waals surface area contributed by atoms with Gasteiger partial charge in [-0.1, -0.05) is 6.42 Å². The zero-order valence-corrected chi connectivity index (χ0v) is 11.9. The van der Waals surface area contributed by atoms with Crippen LogP contribution in [0, 0.1) is 10.1 Å². The predicted molar refractivity (Wildman–Crippen MR) is 79.1 cm³/mol. The van der Waals surface area contributed by atoms with Crippen LogP contribution in [0.15, 0.2) is 29.4 Å². The molecule has 21 heavy (non-hydrogen) atoms. The predicted octanol–water partition coefficient (Wildman–Crippen LogP) is 1.53. The van der Waals surface area contributed by atoms with Gasteiger partial charge in [0, 0.05) is 12.1 Å². The first-order chi connectivity index (χ1) is 10.1. The number of likely N-dealkylation sites (tertiary alicyclic amines) is 1. The Bertz CT molecular complexity index is 542. The van der Waals surface area contributed by atoms with E-state index in [0.717, 1.165) is 25.8 Å². The molecule has 1 aliphatic heterocycles. The summed E-state index contributed by atoms with van der Waals surface area (Å²) in [6, 6.07) is 5.84. The molecule has 1 aromatic carbocycles. The Balaban J connectivity index is 1.89. The highest BCUT2D eigenvalue weighted by Gasteiger charge is 2.25. The second-order valence-corrected chi connectivity index (χ2v) is 5.08. The van der Waals surface area contributed by atoms with Crippen LogP contribution in [0.5, 0.6) is 0 Å². The smallest absolute Gasteiger partial charge is 0.269 e. The molecule has 0 bridgehead atoms. The summed E-state index contributed by atoms with van der Waals surface area (Å²) >= 11 is 0. The van der Waals surface area contributed by atoms with E-state index >= 15 is 0 Å². The van der Waals surface area contributed by atoms with E-state index in [1.807, 2.05) is 11.9 Å². The number of hydrazone groups is 1. The number of carbonyl (C=O) groups is 1. The van der Waals surface area contributed by atoms with Crippen LogP contribution < -0.4 is 5.43 Å². The fourth-order valence-electron chi connectivity index (χ4n) is 2.33. The summed E-state index contributed by atoms with van der Waals surface area (Å²) in [5.74, 6) is -0.115. The van der Waals surface area contributed by atoms with E-state index in [2.05, 4.69) is 10.5 Å². The van der Waals surface area contributed by atoms with Gasteiger partial charge in [-0.15, -0.1) is 0 Å². The highest BCUT2D eigenvalue weighted by atomic mass is 16.6. The standard InChI is InChI=1S/C14H18N4O3/c1-17-9-3-2-4-13(17)14(19)16-15-10-11-5-7-12(8-6-11)18(20)21/h5-8,10,13H,2-4,9H2,1H3,(H,16,19)/b15-10+. The van der Waals surface area contributed by atoms with Crippen LogP contribution in [0.2, 0.25) is 0 Å². The molecule has 0 spiro atoms. The second-order valence-electron chi connectivity index (χ2n) is 5.08. The third kappa shape index (κ3) is 4.09. The molecule has 1 N–H and O–H groups in total.